The molecule has 0 N–H and O–H groups in total. The van der Waals surface area contributed by atoms with Gasteiger partial charge in [-0.05, 0) is 50.8 Å². The predicted octanol–water partition coefficient (Wildman–Crippen LogP) is 5.00. The van der Waals surface area contributed by atoms with Gasteiger partial charge in [0.15, 0.2) is 6.61 Å². The van der Waals surface area contributed by atoms with Crippen molar-refractivity contribution in [2.75, 3.05) is 13.2 Å². The summed E-state index contributed by atoms with van der Waals surface area (Å²) in [6, 6.07) is 9.46. The zero-order valence-corrected chi connectivity index (χ0v) is 18.6. The van der Waals surface area contributed by atoms with Crippen LogP contribution in [0.3, 0.4) is 0 Å². The Hall–Kier alpha value is -2.38. The minimum atomic E-state index is -0.486. The number of piperidine rings is 1. The number of hydrogen-bond acceptors (Lipinski definition) is 5. The largest absolute Gasteiger partial charge is 0.451 e. The summed E-state index contributed by atoms with van der Waals surface area (Å²) >= 11 is 7.62. The van der Waals surface area contributed by atoms with Gasteiger partial charge in [0.1, 0.15) is 9.71 Å². The third kappa shape index (κ3) is 3.96. The molecular formula is C22H24ClN3O3S. The maximum absolute atomic E-state index is 12.6. The molecule has 1 saturated heterocycles. The van der Waals surface area contributed by atoms with Crippen molar-refractivity contribution in [2.24, 2.45) is 0 Å². The summed E-state index contributed by atoms with van der Waals surface area (Å²) in [5.41, 5.74) is 1.56. The Morgan fingerprint density at radius 3 is 2.87 bits per heavy atom. The monoisotopic (exact) mass is 445 g/mol. The van der Waals surface area contributed by atoms with Crippen molar-refractivity contribution in [3.63, 3.8) is 0 Å². The van der Waals surface area contributed by atoms with Gasteiger partial charge in [-0.1, -0.05) is 30.7 Å². The van der Waals surface area contributed by atoms with E-state index in [1.54, 1.807) is 16.8 Å². The van der Waals surface area contributed by atoms with E-state index in [0.717, 1.165) is 53.8 Å². The lowest BCUT2D eigenvalue weighted by molar-refractivity contribution is -0.138. The Labute approximate surface area is 184 Å². The van der Waals surface area contributed by atoms with E-state index in [1.165, 1.54) is 11.3 Å². The molecule has 0 spiro atoms. The van der Waals surface area contributed by atoms with Crippen LogP contribution in [0.25, 0.3) is 15.9 Å². The molecule has 1 atom stereocenters. The van der Waals surface area contributed by atoms with Crippen LogP contribution < -0.4 is 0 Å². The van der Waals surface area contributed by atoms with Crippen molar-refractivity contribution in [2.45, 2.75) is 45.6 Å². The van der Waals surface area contributed by atoms with E-state index in [1.807, 2.05) is 30.0 Å². The molecule has 4 rings (SSSR count). The van der Waals surface area contributed by atoms with Gasteiger partial charge in [0.2, 0.25) is 0 Å². The predicted molar refractivity (Wildman–Crippen MR) is 119 cm³/mol. The highest BCUT2D eigenvalue weighted by Gasteiger charge is 2.26. The summed E-state index contributed by atoms with van der Waals surface area (Å²) in [6.45, 7) is 4.50. The number of aryl methyl sites for hydroxylation is 1. The van der Waals surface area contributed by atoms with E-state index in [0.29, 0.717) is 9.90 Å². The molecule has 1 fully saturated rings. The molecular weight excluding hydrogens is 422 g/mol. The van der Waals surface area contributed by atoms with Crippen LogP contribution in [0.2, 0.25) is 5.02 Å². The summed E-state index contributed by atoms with van der Waals surface area (Å²) < 4.78 is 7.12. The zero-order chi connectivity index (χ0) is 21.3. The summed E-state index contributed by atoms with van der Waals surface area (Å²) in [6.07, 6.45) is 4.09. The molecule has 3 aromatic rings. The van der Waals surface area contributed by atoms with Crippen molar-refractivity contribution in [3.8, 4) is 5.69 Å². The summed E-state index contributed by atoms with van der Waals surface area (Å²) in [5, 5.41) is 6.02. The van der Waals surface area contributed by atoms with E-state index in [-0.39, 0.29) is 18.6 Å². The number of ether oxygens (including phenoxy) is 1. The molecule has 0 bridgehead atoms. The SMILES string of the molecule is CCC1CCCCN1C(=O)COC(=O)c1cc2c(C)nn(-c3ccccc3Cl)c2s1. The van der Waals surface area contributed by atoms with Gasteiger partial charge in [-0.2, -0.15) is 5.10 Å². The second-order valence-electron chi connectivity index (χ2n) is 7.50. The number of rotatable bonds is 5. The van der Waals surface area contributed by atoms with E-state index < -0.39 is 5.97 Å². The number of para-hydroxylation sites is 1. The van der Waals surface area contributed by atoms with Crippen LogP contribution in [0.4, 0.5) is 0 Å². The lowest BCUT2D eigenvalue weighted by atomic mass is 10.00. The van der Waals surface area contributed by atoms with Crippen LogP contribution >= 0.6 is 22.9 Å². The number of nitrogens with zero attached hydrogens (tertiary/aromatic N) is 3. The number of benzene rings is 1. The molecule has 1 aromatic carbocycles. The highest BCUT2D eigenvalue weighted by Crippen LogP contribution is 2.32. The average Bonchev–Trinajstić information content (AvgIpc) is 3.33. The maximum Gasteiger partial charge on any atom is 0.348 e. The second kappa shape index (κ2) is 8.78. The normalized spacial score (nSPS) is 16.8. The lowest BCUT2D eigenvalue weighted by Crippen LogP contribution is -2.45. The fourth-order valence-corrected chi connectivity index (χ4v) is 5.25. The summed E-state index contributed by atoms with van der Waals surface area (Å²) in [4.78, 5) is 28.3. The van der Waals surface area contributed by atoms with Crippen LogP contribution in [0.1, 0.15) is 48.0 Å². The van der Waals surface area contributed by atoms with Crippen molar-refractivity contribution < 1.29 is 14.3 Å². The molecule has 0 aliphatic carbocycles. The van der Waals surface area contributed by atoms with Gasteiger partial charge in [0.05, 0.1) is 16.4 Å². The maximum atomic E-state index is 12.6. The topological polar surface area (TPSA) is 64.4 Å². The first-order chi connectivity index (χ1) is 14.5. The van der Waals surface area contributed by atoms with Crippen molar-refractivity contribution in [1.29, 1.82) is 0 Å². The number of esters is 1. The Kier molecular flexibility index (Phi) is 6.11. The number of halogens is 1. The van der Waals surface area contributed by atoms with Gasteiger partial charge in [-0.25, -0.2) is 9.48 Å². The number of thiophene rings is 1. The molecule has 1 unspecified atom stereocenters. The quantitative estimate of drug-likeness (QED) is 0.518. The van der Waals surface area contributed by atoms with Gasteiger partial charge in [-0.3, -0.25) is 4.79 Å². The van der Waals surface area contributed by atoms with Crippen molar-refractivity contribution >= 4 is 45.0 Å². The third-order valence-corrected chi connectivity index (χ3v) is 6.98. The molecule has 30 heavy (non-hydrogen) atoms. The highest BCUT2D eigenvalue weighted by atomic mass is 35.5. The Balaban J connectivity index is 1.51. The van der Waals surface area contributed by atoms with Crippen LogP contribution in [-0.4, -0.2) is 45.8 Å². The molecule has 158 valence electrons. The number of carbonyl (C=O) groups is 2. The number of amides is 1. The van der Waals surface area contributed by atoms with Crippen LogP contribution in [0.5, 0.6) is 0 Å². The van der Waals surface area contributed by atoms with E-state index in [9.17, 15) is 9.59 Å². The van der Waals surface area contributed by atoms with Gasteiger partial charge in [0.25, 0.3) is 5.91 Å². The van der Waals surface area contributed by atoms with Gasteiger partial charge in [-0.15, -0.1) is 11.3 Å². The van der Waals surface area contributed by atoms with Crippen molar-refractivity contribution in [3.05, 3.63) is 45.9 Å². The molecule has 0 radical (unpaired) electrons. The van der Waals surface area contributed by atoms with Crippen molar-refractivity contribution in [1.82, 2.24) is 14.7 Å². The minimum Gasteiger partial charge on any atom is -0.451 e. The number of aromatic nitrogens is 2. The van der Waals surface area contributed by atoms with E-state index >= 15 is 0 Å². The molecule has 1 amide bonds. The number of likely N-dealkylation sites (tertiary alicyclic amines) is 1. The lowest BCUT2D eigenvalue weighted by Gasteiger charge is -2.35. The molecule has 3 heterocycles. The second-order valence-corrected chi connectivity index (χ2v) is 8.94. The first-order valence-corrected chi connectivity index (χ1v) is 11.4. The third-order valence-electron chi connectivity index (χ3n) is 5.57. The van der Waals surface area contributed by atoms with Gasteiger partial charge < -0.3 is 9.64 Å². The summed E-state index contributed by atoms with van der Waals surface area (Å²) in [5.74, 6) is -0.603. The molecule has 0 saturated carbocycles. The zero-order valence-electron chi connectivity index (χ0n) is 17.1. The average molecular weight is 446 g/mol. The fourth-order valence-electron chi connectivity index (χ4n) is 3.97. The number of carbonyl (C=O) groups excluding carboxylic acids is 2. The fraction of sp³-hybridized carbons (Fsp3) is 0.409. The Bertz CT molecular complexity index is 1090. The Morgan fingerprint density at radius 1 is 1.30 bits per heavy atom. The number of hydrogen-bond donors (Lipinski definition) is 0. The smallest absolute Gasteiger partial charge is 0.348 e. The molecule has 1 aliphatic heterocycles. The van der Waals surface area contributed by atoms with E-state index in [2.05, 4.69) is 12.0 Å². The molecule has 2 aromatic heterocycles. The van der Waals surface area contributed by atoms with Crippen LogP contribution in [0, 0.1) is 6.92 Å². The molecule has 8 heteroatoms. The van der Waals surface area contributed by atoms with Crippen LogP contribution in [-0.2, 0) is 9.53 Å². The molecule has 1 aliphatic rings. The van der Waals surface area contributed by atoms with Gasteiger partial charge in [0, 0.05) is 18.0 Å². The first kappa shape index (κ1) is 20.9. The number of fused-ring (bicyclic) bond motifs is 1. The van der Waals surface area contributed by atoms with Gasteiger partial charge >= 0.3 is 5.97 Å². The van der Waals surface area contributed by atoms with Crippen LogP contribution in [0.15, 0.2) is 30.3 Å². The Morgan fingerprint density at radius 2 is 2.10 bits per heavy atom. The standard InChI is InChI=1S/C22H24ClN3O3S/c1-3-15-8-6-7-11-25(15)20(27)13-29-22(28)19-12-16-14(2)24-26(21(16)30-19)18-10-5-4-9-17(18)23/h4-5,9-10,12,15H,3,6-8,11,13H2,1-2H3. The summed E-state index contributed by atoms with van der Waals surface area (Å²) in [7, 11) is 0. The highest BCUT2D eigenvalue weighted by molar-refractivity contribution is 7.20. The first-order valence-electron chi connectivity index (χ1n) is 10.2. The minimum absolute atomic E-state index is 0.116. The molecule has 6 nitrogen and oxygen atoms in total. The van der Waals surface area contributed by atoms with E-state index in [4.69, 9.17) is 16.3 Å².